The summed E-state index contributed by atoms with van der Waals surface area (Å²) >= 11 is 8.80. The number of halogens is 1. The van der Waals surface area contributed by atoms with Crippen LogP contribution in [0.5, 0.6) is 0 Å². The lowest BCUT2D eigenvalue weighted by molar-refractivity contribution is 0.849. The van der Waals surface area contributed by atoms with Crippen LogP contribution in [0.2, 0.25) is 5.02 Å². The van der Waals surface area contributed by atoms with E-state index in [-0.39, 0.29) is 5.56 Å². The Balaban J connectivity index is 1.43. The quantitative estimate of drug-likeness (QED) is 0.337. The van der Waals surface area contributed by atoms with Gasteiger partial charge in [-0.05, 0) is 36.4 Å². The maximum absolute atomic E-state index is 12.6. The fraction of sp³-hybridized carbons (Fsp3) is 0.0526. The Morgan fingerprint density at radius 3 is 2.72 bits per heavy atom. The number of hydrogen-bond donors (Lipinski definition) is 1. The Labute approximate surface area is 177 Å². The van der Waals surface area contributed by atoms with E-state index in [1.54, 1.807) is 22.6 Å². The third-order valence-electron chi connectivity index (χ3n) is 4.36. The minimum atomic E-state index is -0.0980. The van der Waals surface area contributed by atoms with Crippen molar-refractivity contribution in [1.29, 1.82) is 0 Å². The van der Waals surface area contributed by atoms with Gasteiger partial charge in [0, 0.05) is 22.4 Å². The summed E-state index contributed by atoms with van der Waals surface area (Å²) in [5.74, 6) is 7.16. The topological polar surface area (TPSA) is 91.1 Å². The van der Waals surface area contributed by atoms with Gasteiger partial charge in [-0.3, -0.25) is 9.20 Å². The molecular weight excluding hydrogens is 428 g/mol. The molecule has 0 aliphatic rings. The first-order valence-corrected chi connectivity index (χ1v) is 10.8. The number of nitrogen functional groups attached to an aromatic ring is 1. The molecule has 0 fully saturated rings. The zero-order valence-corrected chi connectivity index (χ0v) is 17.2. The van der Waals surface area contributed by atoms with Crippen molar-refractivity contribution in [3.8, 4) is 11.4 Å². The number of para-hydroxylation sites is 1. The van der Waals surface area contributed by atoms with Gasteiger partial charge in [0.2, 0.25) is 5.16 Å². The number of benzene rings is 2. The normalized spacial score (nSPS) is 11.5. The Morgan fingerprint density at radius 1 is 1.10 bits per heavy atom. The smallest absolute Gasteiger partial charge is 0.259 e. The minimum Gasteiger partial charge on any atom is -0.335 e. The standard InChI is InChI=1S/C19H13ClN6OS2/c20-12-7-5-11(6-8-12)17-23-24-19(26(17)21)28-10-13-9-16(27)25-14-3-1-2-4-15(14)29-18(25)22-13/h1-9H,10,21H2. The molecule has 3 heterocycles. The van der Waals surface area contributed by atoms with Gasteiger partial charge in [0.05, 0.1) is 15.9 Å². The monoisotopic (exact) mass is 440 g/mol. The van der Waals surface area contributed by atoms with Crippen LogP contribution in [0.3, 0.4) is 0 Å². The summed E-state index contributed by atoms with van der Waals surface area (Å²) in [6, 6.07) is 16.5. The van der Waals surface area contributed by atoms with Crippen molar-refractivity contribution in [1.82, 2.24) is 24.3 Å². The molecule has 0 bridgehead atoms. The van der Waals surface area contributed by atoms with E-state index in [1.807, 2.05) is 36.4 Å². The lowest BCUT2D eigenvalue weighted by Gasteiger charge is -2.04. The first-order chi connectivity index (χ1) is 14.1. The number of nitrogens with zero attached hydrogens (tertiary/aromatic N) is 5. The summed E-state index contributed by atoms with van der Waals surface area (Å²) in [6.07, 6.45) is 0. The van der Waals surface area contributed by atoms with Gasteiger partial charge in [0.25, 0.3) is 5.56 Å². The molecule has 5 aromatic rings. The first-order valence-electron chi connectivity index (χ1n) is 8.59. The molecule has 29 heavy (non-hydrogen) atoms. The summed E-state index contributed by atoms with van der Waals surface area (Å²) in [4.78, 5) is 17.9. The maximum atomic E-state index is 12.6. The predicted molar refractivity (Wildman–Crippen MR) is 117 cm³/mol. The van der Waals surface area contributed by atoms with E-state index in [4.69, 9.17) is 17.4 Å². The van der Waals surface area contributed by atoms with Crippen LogP contribution >= 0.6 is 34.7 Å². The molecule has 144 valence electrons. The van der Waals surface area contributed by atoms with E-state index in [9.17, 15) is 4.79 Å². The van der Waals surface area contributed by atoms with E-state index in [2.05, 4.69) is 15.2 Å². The zero-order valence-electron chi connectivity index (χ0n) is 14.8. The third kappa shape index (κ3) is 3.27. The highest BCUT2D eigenvalue weighted by Crippen LogP contribution is 2.26. The number of fused-ring (bicyclic) bond motifs is 3. The lowest BCUT2D eigenvalue weighted by Crippen LogP contribution is -2.14. The van der Waals surface area contributed by atoms with Crippen LogP contribution in [0.15, 0.2) is 64.5 Å². The van der Waals surface area contributed by atoms with Crippen molar-refractivity contribution >= 4 is 49.9 Å². The Kier molecular flexibility index (Phi) is 4.50. The molecule has 2 aromatic carbocycles. The molecule has 7 nitrogen and oxygen atoms in total. The first kappa shape index (κ1) is 18.2. The van der Waals surface area contributed by atoms with Crippen LogP contribution in [-0.4, -0.2) is 24.3 Å². The van der Waals surface area contributed by atoms with Crippen LogP contribution in [0.1, 0.15) is 5.69 Å². The van der Waals surface area contributed by atoms with E-state index >= 15 is 0 Å². The molecule has 0 atom stereocenters. The van der Waals surface area contributed by atoms with Crippen LogP contribution < -0.4 is 11.4 Å². The second kappa shape index (κ2) is 7.18. The molecule has 0 unspecified atom stereocenters. The molecule has 0 aliphatic heterocycles. The van der Waals surface area contributed by atoms with Crippen molar-refractivity contribution < 1.29 is 0 Å². The van der Waals surface area contributed by atoms with Gasteiger partial charge in [-0.1, -0.05) is 46.8 Å². The van der Waals surface area contributed by atoms with E-state index in [0.29, 0.717) is 32.4 Å². The Bertz CT molecular complexity index is 1410. The average molecular weight is 441 g/mol. The molecule has 0 spiro atoms. The van der Waals surface area contributed by atoms with Gasteiger partial charge in [0.15, 0.2) is 10.8 Å². The summed E-state index contributed by atoms with van der Waals surface area (Å²) in [6.45, 7) is 0. The van der Waals surface area contributed by atoms with Crippen LogP contribution in [0, 0.1) is 0 Å². The number of aromatic nitrogens is 5. The van der Waals surface area contributed by atoms with Crippen LogP contribution in [0.25, 0.3) is 26.6 Å². The minimum absolute atomic E-state index is 0.0980. The number of thiazole rings is 1. The predicted octanol–water partition coefficient (Wildman–Crippen LogP) is 3.83. The van der Waals surface area contributed by atoms with Gasteiger partial charge in [-0.15, -0.1) is 10.2 Å². The highest BCUT2D eigenvalue weighted by Gasteiger charge is 2.14. The largest absolute Gasteiger partial charge is 0.335 e. The molecule has 0 saturated heterocycles. The number of nitrogens with two attached hydrogens (primary N) is 1. The summed E-state index contributed by atoms with van der Waals surface area (Å²) in [5.41, 5.74) is 2.26. The maximum Gasteiger partial charge on any atom is 0.259 e. The van der Waals surface area contributed by atoms with Gasteiger partial charge >= 0.3 is 0 Å². The molecule has 0 aliphatic carbocycles. The SMILES string of the molecule is Nn1c(SCc2cc(=O)n3c(n2)sc2ccccc23)nnc1-c1ccc(Cl)cc1. The van der Waals surface area contributed by atoms with Crippen LogP contribution in [-0.2, 0) is 5.75 Å². The van der Waals surface area contributed by atoms with Crippen molar-refractivity contribution in [3.63, 3.8) is 0 Å². The van der Waals surface area contributed by atoms with Crippen LogP contribution in [0.4, 0.5) is 0 Å². The molecule has 10 heteroatoms. The molecule has 3 aromatic heterocycles. The second-order valence-electron chi connectivity index (χ2n) is 6.25. The van der Waals surface area contributed by atoms with Crippen molar-refractivity contribution in [2.45, 2.75) is 10.9 Å². The molecule has 2 N–H and O–H groups in total. The summed E-state index contributed by atoms with van der Waals surface area (Å²) < 4.78 is 4.09. The molecule has 5 rings (SSSR count). The Hall–Kier alpha value is -2.88. The zero-order chi connectivity index (χ0) is 20.0. The molecule has 0 saturated carbocycles. The van der Waals surface area contributed by atoms with E-state index in [1.165, 1.54) is 27.8 Å². The average Bonchev–Trinajstić information content (AvgIpc) is 3.27. The lowest BCUT2D eigenvalue weighted by atomic mass is 10.2. The molecular formula is C19H13ClN6OS2. The number of rotatable bonds is 4. The fourth-order valence-corrected chi connectivity index (χ4v) is 4.93. The summed E-state index contributed by atoms with van der Waals surface area (Å²) in [5, 5.41) is 9.50. The van der Waals surface area contributed by atoms with Gasteiger partial charge < -0.3 is 5.84 Å². The summed E-state index contributed by atoms with van der Waals surface area (Å²) in [7, 11) is 0. The van der Waals surface area contributed by atoms with Gasteiger partial charge in [-0.25, -0.2) is 9.66 Å². The highest BCUT2D eigenvalue weighted by molar-refractivity contribution is 7.98. The molecule has 0 amide bonds. The van der Waals surface area contributed by atoms with Crippen molar-refractivity contribution in [2.75, 3.05) is 5.84 Å². The third-order valence-corrected chi connectivity index (χ3v) is 6.61. The van der Waals surface area contributed by atoms with Gasteiger partial charge in [-0.2, -0.15) is 0 Å². The number of hydrogen-bond acceptors (Lipinski definition) is 7. The molecule has 0 radical (unpaired) electrons. The van der Waals surface area contributed by atoms with Crippen molar-refractivity contribution in [3.05, 3.63) is 75.7 Å². The van der Waals surface area contributed by atoms with E-state index < -0.39 is 0 Å². The fourth-order valence-electron chi connectivity index (χ4n) is 3.01. The number of thioether (sulfide) groups is 1. The Morgan fingerprint density at radius 2 is 1.90 bits per heavy atom. The van der Waals surface area contributed by atoms with Crippen molar-refractivity contribution in [2.24, 2.45) is 0 Å². The highest BCUT2D eigenvalue weighted by atomic mass is 35.5. The van der Waals surface area contributed by atoms with Gasteiger partial charge in [0.1, 0.15) is 0 Å². The second-order valence-corrected chi connectivity index (χ2v) is 8.63. The van der Waals surface area contributed by atoms with E-state index in [0.717, 1.165) is 15.8 Å².